The maximum Gasteiger partial charge on any atom is 0.262 e. The van der Waals surface area contributed by atoms with Gasteiger partial charge in [-0.15, -0.1) is 0 Å². The van der Waals surface area contributed by atoms with Gasteiger partial charge < -0.3 is 15.4 Å². The summed E-state index contributed by atoms with van der Waals surface area (Å²) in [6.45, 7) is 0.810. The number of aromatic nitrogens is 2. The lowest BCUT2D eigenvalue weighted by Crippen LogP contribution is -2.67. The molecule has 1 aromatic carbocycles. The number of fused-ring (bicyclic) bond motifs is 1. The molecule has 3 heterocycles. The SMILES string of the molecule is COc1ccc2ncnc(N)c2c1N1CC2(C1)CC(F)(F)CN2C. The number of hydrogen-bond acceptors (Lipinski definition) is 6. The summed E-state index contributed by atoms with van der Waals surface area (Å²) in [5, 5.41) is 0.708. The zero-order valence-corrected chi connectivity index (χ0v) is 13.6. The summed E-state index contributed by atoms with van der Waals surface area (Å²) >= 11 is 0. The van der Waals surface area contributed by atoms with Gasteiger partial charge in [-0.25, -0.2) is 18.7 Å². The Labute approximate surface area is 138 Å². The van der Waals surface area contributed by atoms with Crippen LogP contribution in [0.4, 0.5) is 20.3 Å². The van der Waals surface area contributed by atoms with Crippen LogP contribution in [-0.4, -0.2) is 60.1 Å². The van der Waals surface area contributed by atoms with E-state index in [0.717, 1.165) is 5.69 Å². The second-order valence-electron chi connectivity index (χ2n) is 6.74. The molecule has 2 fully saturated rings. The normalized spacial score (nSPS) is 22.1. The number of anilines is 2. The van der Waals surface area contributed by atoms with Crippen molar-refractivity contribution in [2.24, 2.45) is 0 Å². The molecule has 128 valence electrons. The predicted molar refractivity (Wildman–Crippen MR) is 87.6 cm³/mol. The smallest absolute Gasteiger partial charge is 0.262 e. The minimum absolute atomic E-state index is 0.119. The third-order valence-corrected chi connectivity index (χ3v) is 5.14. The van der Waals surface area contributed by atoms with Gasteiger partial charge in [-0.1, -0.05) is 0 Å². The minimum atomic E-state index is -2.63. The van der Waals surface area contributed by atoms with Gasteiger partial charge in [0, 0.05) is 19.5 Å². The number of hydrogen-bond donors (Lipinski definition) is 1. The largest absolute Gasteiger partial charge is 0.495 e. The second kappa shape index (κ2) is 4.89. The van der Waals surface area contributed by atoms with Gasteiger partial charge in [0.1, 0.15) is 17.9 Å². The zero-order valence-electron chi connectivity index (χ0n) is 13.6. The van der Waals surface area contributed by atoms with Crippen LogP contribution in [0, 0.1) is 0 Å². The molecule has 2 N–H and O–H groups in total. The van der Waals surface area contributed by atoms with Gasteiger partial charge in [-0.05, 0) is 19.2 Å². The maximum atomic E-state index is 13.8. The first-order chi connectivity index (χ1) is 11.4. The van der Waals surface area contributed by atoms with E-state index >= 15 is 0 Å². The molecule has 0 bridgehead atoms. The highest BCUT2D eigenvalue weighted by Gasteiger charge is 2.59. The van der Waals surface area contributed by atoms with E-state index in [2.05, 4.69) is 9.97 Å². The summed E-state index contributed by atoms with van der Waals surface area (Å²) in [6.07, 6.45) is 1.29. The van der Waals surface area contributed by atoms with Crippen LogP contribution in [0.25, 0.3) is 10.9 Å². The van der Waals surface area contributed by atoms with E-state index in [9.17, 15) is 8.78 Å². The lowest BCUT2D eigenvalue weighted by molar-refractivity contribution is 0.0118. The van der Waals surface area contributed by atoms with E-state index in [1.54, 1.807) is 19.1 Å². The molecule has 24 heavy (non-hydrogen) atoms. The van der Waals surface area contributed by atoms with Crippen LogP contribution < -0.4 is 15.4 Å². The first-order valence-corrected chi connectivity index (χ1v) is 7.76. The summed E-state index contributed by atoms with van der Waals surface area (Å²) in [5.74, 6) is -1.63. The third-order valence-electron chi connectivity index (χ3n) is 5.14. The monoisotopic (exact) mass is 335 g/mol. The summed E-state index contributed by atoms with van der Waals surface area (Å²) in [6, 6.07) is 3.64. The van der Waals surface area contributed by atoms with Crippen molar-refractivity contribution in [2.75, 3.05) is 44.4 Å². The van der Waals surface area contributed by atoms with Crippen LogP contribution in [-0.2, 0) is 0 Å². The quantitative estimate of drug-likeness (QED) is 0.902. The predicted octanol–water partition coefficient (Wildman–Crippen LogP) is 1.75. The van der Waals surface area contributed by atoms with E-state index in [0.29, 0.717) is 35.6 Å². The number of likely N-dealkylation sites (tertiary alicyclic amines) is 1. The Balaban J connectivity index is 1.74. The van der Waals surface area contributed by atoms with Crippen molar-refractivity contribution in [2.45, 2.75) is 17.9 Å². The van der Waals surface area contributed by atoms with Gasteiger partial charge in [0.2, 0.25) is 0 Å². The highest BCUT2D eigenvalue weighted by molar-refractivity contribution is 6.02. The van der Waals surface area contributed by atoms with E-state index in [-0.39, 0.29) is 13.0 Å². The molecular formula is C16H19F2N5O. The number of rotatable bonds is 2. The van der Waals surface area contributed by atoms with E-state index in [1.807, 2.05) is 17.0 Å². The van der Waals surface area contributed by atoms with Crippen molar-refractivity contribution >= 4 is 22.4 Å². The Morgan fingerprint density at radius 2 is 1.96 bits per heavy atom. The number of nitrogen functional groups attached to an aromatic ring is 1. The van der Waals surface area contributed by atoms with E-state index < -0.39 is 11.5 Å². The standard InChI is InChI=1S/C16H19F2N5O/c1-22-8-16(17,18)5-15(22)6-23(7-15)13-11(24-2)4-3-10-12(13)14(19)21-9-20-10/h3-4,9H,5-8H2,1-2H3,(H2,19,20,21). The number of ether oxygens (including phenoxy) is 1. The van der Waals surface area contributed by atoms with Crippen LogP contribution in [0.2, 0.25) is 0 Å². The molecule has 0 saturated carbocycles. The van der Waals surface area contributed by atoms with Gasteiger partial charge >= 0.3 is 0 Å². The Bertz CT molecular complexity index is 806. The molecular weight excluding hydrogens is 316 g/mol. The van der Waals surface area contributed by atoms with Crippen molar-refractivity contribution in [1.82, 2.24) is 14.9 Å². The van der Waals surface area contributed by atoms with Crippen molar-refractivity contribution < 1.29 is 13.5 Å². The summed E-state index contributed by atoms with van der Waals surface area (Å²) in [5.41, 5.74) is 7.04. The van der Waals surface area contributed by atoms with Crippen molar-refractivity contribution in [3.05, 3.63) is 18.5 Å². The first kappa shape index (κ1) is 15.3. The van der Waals surface area contributed by atoms with Gasteiger partial charge in [0.05, 0.1) is 35.8 Å². The molecule has 0 unspecified atom stereocenters. The molecule has 2 saturated heterocycles. The lowest BCUT2D eigenvalue weighted by atomic mass is 9.85. The molecule has 2 aliphatic heterocycles. The average molecular weight is 335 g/mol. The topological polar surface area (TPSA) is 67.5 Å². The minimum Gasteiger partial charge on any atom is -0.495 e. The average Bonchev–Trinajstić information content (AvgIpc) is 2.74. The number of methoxy groups -OCH3 is 1. The van der Waals surface area contributed by atoms with Crippen LogP contribution in [0.15, 0.2) is 18.5 Å². The van der Waals surface area contributed by atoms with Crippen LogP contribution >= 0.6 is 0 Å². The molecule has 4 rings (SSSR count). The number of alkyl halides is 2. The Hall–Kier alpha value is -2.22. The van der Waals surface area contributed by atoms with Crippen LogP contribution in [0.1, 0.15) is 6.42 Å². The third kappa shape index (κ3) is 2.09. The number of benzene rings is 1. The second-order valence-corrected chi connectivity index (χ2v) is 6.74. The molecule has 1 aromatic heterocycles. The molecule has 1 spiro atoms. The van der Waals surface area contributed by atoms with Gasteiger partial charge in [-0.2, -0.15) is 0 Å². The highest BCUT2D eigenvalue weighted by atomic mass is 19.3. The first-order valence-electron chi connectivity index (χ1n) is 7.76. The van der Waals surface area contributed by atoms with Gasteiger partial charge in [0.15, 0.2) is 0 Å². The fourth-order valence-corrected chi connectivity index (χ4v) is 3.98. The molecule has 8 heteroatoms. The Kier molecular flexibility index (Phi) is 3.12. The zero-order chi connectivity index (χ0) is 17.1. The molecule has 0 radical (unpaired) electrons. The number of nitrogens with two attached hydrogens (primary N) is 1. The summed E-state index contributed by atoms with van der Waals surface area (Å²) in [7, 11) is 3.34. The van der Waals surface area contributed by atoms with E-state index in [4.69, 9.17) is 10.5 Å². The molecule has 0 atom stereocenters. The van der Waals surface area contributed by atoms with Crippen molar-refractivity contribution in [3.8, 4) is 5.75 Å². The molecule has 0 aliphatic carbocycles. The van der Waals surface area contributed by atoms with E-state index in [1.165, 1.54) is 6.33 Å². The molecule has 0 amide bonds. The number of halogens is 2. The highest BCUT2D eigenvalue weighted by Crippen LogP contribution is 2.48. The summed E-state index contributed by atoms with van der Waals surface area (Å²) in [4.78, 5) is 12.1. The number of nitrogens with zero attached hydrogens (tertiary/aromatic N) is 4. The maximum absolute atomic E-state index is 13.8. The Morgan fingerprint density at radius 3 is 2.58 bits per heavy atom. The van der Waals surface area contributed by atoms with Crippen molar-refractivity contribution in [3.63, 3.8) is 0 Å². The molecule has 2 aliphatic rings. The Morgan fingerprint density at radius 1 is 1.21 bits per heavy atom. The fraction of sp³-hybridized carbons (Fsp3) is 0.500. The van der Waals surface area contributed by atoms with Crippen molar-refractivity contribution in [1.29, 1.82) is 0 Å². The summed E-state index contributed by atoms with van der Waals surface area (Å²) < 4.78 is 33.0. The van der Waals surface area contributed by atoms with Crippen LogP contribution in [0.5, 0.6) is 5.75 Å². The number of likely N-dealkylation sites (N-methyl/N-ethyl adjacent to an activating group) is 1. The lowest BCUT2D eigenvalue weighted by Gasteiger charge is -2.53. The van der Waals surface area contributed by atoms with Gasteiger partial charge in [-0.3, -0.25) is 4.90 Å². The molecule has 2 aromatic rings. The van der Waals surface area contributed by atoms with Gasteiger partial charge in [0.25, 0.3) is 5.92 Å². The molecule has 6 nitrogen and oxygen atoms in total. The fourth-order valence-electron chi connectivity index (χ4n) is 3.98. The van der Waals surface area contributed by atoms with Crippen LogP contribution in [0.3, 0.4) is 0 Å².